The summed E-state index contributed by atoms with van der Waals surface area (Å²) in [4.78, 5) is 12.8. The number of aryl methyl sites for hydroxylation is 1. The molecule has 0 bridgehead atoms. The molecule has 9 heteroatoms. The largest absolute Gasteiger partial charge is 0.493 e. The molecule has 1 amide bonds. The number of fused-ring (bicyclic) bond motifs is 3. The van der Waals surface area contributed by atoms with Gasteiger partial charge in [-0.05, 0) is 24.1 Å². The number of nitrogens with one attached hydrogen (secondary N) is 1. The van der Waals surface area contributed by atoms with E-state index in [9.17, 15) is 13.2 Å². The molecule has 2 heterocycles. The van der Waals surface area contributed by atoms with Crippen LogP contribution in [-0.2, 0) is 23.3 Å². The fourth-order valence-corrected chi connectivity index (χ4v) is 5.57. The Kier molecular flexibility index (Phi) is 4.14. The van der Waals surface area contributed by atoms with E-state index >= 15 is 0 Å². The molecule has 1 aromatic heterocycles. The quantitative estimate of drug-likeness (QED) is 0.710. The van der Waals surface area contributed by atoms with E-state index in [1.807, 2.05) is 12.1 Å². The van der Waals surface area contributed by atoms with Gasteiger partial charge in [-0.1, -0.05) is 0 Å². The molecular weight excluding hydrogens is 370 g/mol. The maximum atomic E-state index is 12.8. The molecule has 0 spiro atoms. The van der Waals surface area contributed by atoms with E-state index in [1.54, 1.807) is 25.9 Å². The second-order valence-electron chi connectivity index (χ2n) is 6.91. The third-order valence-corrected chi connectivity index (χ3v) is 6.93. The fourth-order valence-electron chi connectivity index (χ4n) is 3.90. The summed E-state index contributed by atoms with van der Waals surface area (Å²) in [6.07, 6.45) is 1.00. The average Bonchev–Trinajstić information content (AvgIpc) is 3.26. The monoisotopic (exact) mass is 391 g/mol. The van der Waals surface area contributed by atoms with E-state index in [1.165, 1.54) is 0 Å². The topological polar surface area (TPSA) is 99.5 Å². The van der Waals surface area contributed by atoms with Crippen LogP contribution in [-0.4, -0.2) is 55.9 Å². The summed E-state index contributed by atoms with van der Waals surface area (Å²) in [6, 6.07) is 3.45. The maximum absolute atomic E-state index is 12.8. The van der Waals surface area contributed by atoms with Crippen LogP contribution in [0.4, 0.5) is 0 Å². The van der Waals surface area contributed by atoms with E-state index in [2.05, 4.69) is 10.4 Å². The van der Waals surface area contributed by atoms with Gasteiger partial charge in [0.25, 0.3) is 5.91 Å². The number of rotatable bonds is 4. The number of benzene rings is 1. The smallest absolute Gasteiger partial charge is 0.272 e. The zero-order chi connectivity index (χ0) is 19.3. The average molecular weight is 391 g/mol. The van der Waals surface area contributed by atoms with Gasteiger partial charge in [-0.3, -0.25) is 9.48 Å². The maximum Gasteiger partial charge on any atom is 0.272 e. The summed E-state index contributed by atoms with van der Waals surface area (Å²) in [5, 5.41) is 7.21. The lowest BCUT2D eigenvalue weighted by atomic mass is 10.1. The summed E-state index contributed by atoms with van der Waals surface area (Å²) in [5.41, 5.74) is 4.04. The number of carbonyl (C=O) groups is 1. The number of carbonyl (C=O) groups excluding carboxylic acids is 1. The van der Waals surface area contributed by atoms with Crippen molar-refractivity contribution in [1.29, 1.82) is 0 Å². The van der Waals surface area contributed by atoms with Crippen LogP contribution in [0.25, 0.3) is 11.3 Å². The highest BCUT2D eigenvalue weighted by Crippen LogP contribution is 2.43. The van der Waals surface area contributed by atoms with Gasteiger partial charge in [0.2, 0.25) is 0 Å². The molecule has 1 fully saturated rings. The standard InChI is InChI=1S/C18H21N3O5S/c1-21-17-12-8-15(26-3)14(25-2)7-10(12)6-13(17)16(20-21)18(22)19-11-4-5-27(23,24)9-11/h7-8,11H,4-6,9H2,1-3H3,(H,19,22)/t11-/m1/s1. The number of ether oxygens (including phenoxy) is 2. The third kappa shape index (κ3) is 2.95. The lowest BCUT2D eigenvalue weighted by molar-refractivity contribution is 0.0934. The zero-order valence-corrected chi connectivity index (χ0v) is 16.2. The third-order valence-electron chi connectivity index (χ3n) is 5.16. The van der Waals surface area contributed by atoms with E-state index in [0.29, 0.717) is 30.0 Å². The molecule has 27 heavy (non-hydrogen) atoms. The molecule has 1 aliphatic heterocycles. The lowest BCUT2D eigenvalue weighted by Crippen LogP contribution is -2.36. The Balaban J connectivity index is 1.67. The van der Waals surface area contributed by atoms with E-state index in [4.69, 9.17) is 9.47 Å². The van der Waals surface area contributed by atoms with Crippen molar-refractivity contribution in [3.63, 3.8) is 0 Å². The van der Waals surface area contributed by atoms with Gasteiger partial charge < -0.3 is 14.8 Å². The molecular formula is C18H21N3O5S. The van der Waals surface area contributed by atoms with Gasteiger partial charge in [0.15, 0.2) is 27.0 Å². The summed E-state index contributed by atoms with van der Waals surface area (Å²) < 4.78 is 35.7. The Morgan fingerprint density at radius 3 is 2.59 bits per heavy atom. The van der Waals surface area contributed by atoms with Gasteiger partial charge >= 0.3 is 0 Å². The summed E-state index contributed by atoms with van der Waals surface area (Å²) in [5.74, 6) is 1.03. The summed E-state index contributed by atoms with van der Waals surface area (Å²) >= 11 is 0. The Hall–Kier alpha value is -2.55. The van der Waals surface area contributed by atoms with Gasteiger partial charge in [-0.2, -0.15) is 5.10 Å². The van der Waals surface area contributed by atoms with Crippen LogP contribution < -0.4 is 14.8 Å². The van der Waals surface area contributed by atoms with Gasteiger partial charge in [0.1, 0.15) is 0 Å². The van der Waals surface area contributed by atoms with Crippen molar-refractivity contribution < 1.29 is 22.7 Å². The fraction of sp³-hybridized carbons (Fsp3) is 0.444. The number of nitrogens with zero attached hydrogens (tertiary/aromatic N) is 2. The Morgan fingerprint density at radius 2 is 1.96 bits per heavy atom. The van der Waals surface area contributed by atoms with E-state index < -0.39 is 9.84 Å². The number of sulfone groups is 1. The van der Waals surface area contributed by atoms with Gasteiger partial charge in [-0.15, -0.1) is 0 Å². The Morgan fingerprint density at radius 1 is 1.26 bits per heavy atom. The van der Waals surface area contributed by atoms with Crippen LogP contribution in [0.1, 0.15) is 28.0 Å². The van der Waals surface area contributed by atoms with Gasteiger partial charge in [0.05, 0.1) is 31.4 Å². The van der Waals surface area contributed by atoms with Crippen molar-refractivity contribution in [3.8, 4) is 22.8 Å². The first kappa shape index (κ1) is 17.8. The predicted molar refractivity (Wildman–Crippen MR) is 99.1 cm³/mol. The molecule has 0 radical (unpaired) electrons. The number of aromatic nitrogens is 2. The Labute approximate surface area is 157 Å². The zero-order valence-electron chi connectivity index (χ0n) is 15.4. The predicted octanol–water partition coefficient (Wildman–Crippen LogP) is 0.925. The number of amides is 1. The van der Waals surface area contributed by atoms with Crippen molar-refractivity contribution >= 4 is 15.7 Å². The van der Waals surface area contributed by atoms with Crippen molar-refractivity contribution in [2.45, 2.75) is 18.9 Å². The molecule has 1 aromatic carbocycles. The second kappa shape index (κ2) is 6.26. The SMILES string of the molecule is COc1cc2c(cc1OC)-c1c(c(C(=O)N[C@@H]3CCS(=O)(=O)C3)nn1C)C2. The molecule has 8 nitrogen and oxygen atoms in total. The molecule has 1 N–H and O–H groups in total. The minimum absolute atomic E-state index is 0.0115. The van der Waals surface area contributed by atoms with Crippen LogP contribution in [0.5, 0.6) is 11.5 Å². The van der Waals surface area contributed by atoms with Gasteiger partial charge in [-0.25, -0.2) is 8.42 Å². The number of methoxy groups -OCH3 is 2. The first-order valence-electron chi connectivity index (χ1n) is 8.65. The molecule has 0 saturated carbocycles. The molecule has 1 saturated heterocycles. The first-order valence-corrected chi connectivity index (χ1v) is 10.5. The lowest BCUT2D eigenvalue weighted by Gasteiger charge is -2.11. The Bertz CT molecular complexity index is 1040. The van der Waals surface area contributed by atoms with Crippen LogP contribution >= 0.6 is 0 Å². The van der Waals surface area contributed by atoms with Crippen molar-refractivity contribution in [3.05, 3.63) is 29.0 Å². The molecule has 1 atom stereocenters. The van der Waals surface area contributed by atoms with Gasteiger partial charge in [0, 0.05) is 30.6 Å². The van der Waals surface area contributed by atoms with E-state index in [0.717, 1.165) is 22.4 Å². The minimum Gasteiger partial charge on any atom is -0.493 e. The highest BCUT2D eigenvalue weighted by atomic mass is 32.2. The molecule has 4 rings (SSSR count). The first-order chi connectivity index (χ1) is 12.8. The minimum atomic E-state index is -3.06. The van der Waals surface area contributed by atoms with Crippen molar-refractivity contribution in [1.82, 2.24) is 15.1 Å². The number of hydrogen-bond acceptors (Lipinski definition) is 6. The van der Waals surface area contributed by atoms with Crippen LogP contribution in [0.15, 0.2) is 12.1 Å². The molecule has 2 aromatic rings. The highest BCUT2D eigenvalue weighted by molar-refractivity contribution is 7.91. The van der Waals surface area contributed by atoms with Crippen LogP contribution in [0, 0.1) is 0 Å². The normalized spacial score (nSPS) is 19.4. The van der Waals surface area contributed by atoms with Crippen LogP contribution in [0.3, 0.4) is 0 Å². The molecule has 144 valence electrons. The van der Waals surface area contributed by atoms with Crippen molar-refractivity contribution in [2.24, 2.45) is 7.05 Å². The van der Waals surface area contributed by atoms with E-state index in [-0.39, 0.29) is 23.5 Å². The summed E-state index contributed by atoms with van der Waals surface area (Å²) in [6.45, 7) is 0. The van der Waals surface area contributed by atoms with Crippen molar-refractivity contribution in [2.75, 3.05) is 25.7 Å². The molecule has 1 aliphatic carbocycles. The number of hydrogen-bond donors (Lipinski definition) is 1. The second-order valence-corrected chi connectivity index (χ2v) is 9.14. The molecule has 2 aliphatic rings. The summed E-state index contributed by atoms with van der Waals surface area (Å²) in [7, 11) is 1.90. The molecule has 0 unspecified atom stereocenters. The van der Waals surface area contributed by atoms with Crippen LogP contribution in [0.2, 0.25) is 0 Å². The highest BCUT2D eigenvalue weighted by Gasteiger charge is 2.34.